The minimum atomic E-state index is -4.39. The fourth-order valence-corrected chi connectivity index (χ4v) is 3.70. The first-order valence-corrected chi connectivity index (χ1v) is 10.2. The third-order valence-corrected chi connectivity index (χ3v) is 5.31. The fraction of sp³-hybridized carbons (Fsp3) is 0.286. The number of fused-ring (bicyclic) bond motifs is 1. The number of nitrogens with zero attached hydrogens (tertiary/aromatic N) is 3. The first kappa shape index (κ1) is 20.2. The van der Waals surface area contributed by atoms with Gasteiger partial charge in [-0.3, -0.25) is 4.79 Å². The van der Waals surface area contributed by atoms with Crippen molar-refractivity contribution in [1.29, 1.82) is 0 Å². The Morgan fingerprint density at radius 2 is 1.83 bits per heavy atom. The summed E-state index contributed by atoms with van der Waals surface area (Å²) in [5.41, 5.74) is 1.33. The Hall–Kier alpha value is -3.12. The Kier molecular flexibility index (Phi) is 5.59. The normalized spacial score (nSPS) is 14.1. The summed E-state index contributed by atoms with van der Waals surface area (Å²) in [6.45, 7) is 1.43. The van der Waals surface area contributed by atoms with Gasteiger partial charge in [-0.1, -0.05) is 5.92 Å². The molecule has 9 heteroatoms. The summed E-state index contributed by atoms with van der Waals surface area (Å²) >= 11 is 1.44. The predicted octanol–water partition coefficient (Wildman–Crippen LogP) is 4.11. The van der Waals surface area contributed by atoms with E-state index in [9.17, 15) is 18.0 Å². The van der Waals surface area contributed by atoms with Crippen molar-refractivity contribution >= 4 is 28.3 Å². The van der Waals surface area contributed by atoms with Gasteiger partial charge in [0.05, 0.1) is 12.1 Å². The molecule has 0 atom stereocenters. The van der Waals surface area contributed by atoms with E-state index in [1.807, 2.05) is 10.8 Å². The molecule has 2 aromatic heterocycles. The molecule has 1 fully saturated rings. The first-order valence-electron chi connectivity index (χ1n) is 9.24. The van der Waals surface area contributed by atoms with Crippen LogP contribution in [-0.4, -0.2) is 40.5 Å². The zero-order valence-electron chi connectivity index (χ0n) is 15.7. The van der Waals surface area contributed by atoms with Gasteiger partial charge < -0.3 is 9.64 Å². The van der Waals surface area contributed by atoms with E-state index in [-0.39, 0.29) is 18.4 Å². The van der Waals surface area contributed by atoms with Crippen LogP contribution in [0.4, 0.5) is 13.2 Å². The van der Waals surface area contributed by atoms with Gasteiger partial charge >= 0.3 is 6.18 Å². The standard InChI is InChI=1S/C21H16F3N3O2S/c22-21(23,24)15-6-3-14(4-7-15)5-8-16-20(26-18-13-30-12-17(18)25-16)29-11-10-27-9-1-2-19(27)28/h3-4,6-7,12-13H,1-2,9-11H2. The van der Waals surface area contributed by atoms with E-state index in [2.05, 4.69) is 21.8 Å². The molecule has 0 spiro atoms. The molecular weight excluding hydrogens is 415 g/mol. The maximum Gasteiger partial charge on any atom is 0.416 e. The highest BCUT2D eigenvalue weighted by Gasteiger charge is 2.29. The summed E-state index contributed by atoms with van der Waals surface area (Å²) in [4.78, 5) is 22.4. The summed E-state index contributed by atoms with van der Waals surface area (Å²) in [5.74, 6) is 6.02. The molecule has 0 unspecified atom stereocenters. The molecule has 0 N–H and O–H groups in total. The Labute approximate surface area is 174 Å². The maximum absolute atomic E-state index is 12.7. The quantitative estimate of drug-likeness (QED) is 0.584. The Morgan fingerprint density at radius 1 is 1.10 bits per heavy atom. The van der Waals surface area contributed by atoms with Crippen LogP contribution in [0.3, 0.4) is 0 Å². The van der Waals surface area contributed by atoms with Gasteiger partial charge in [-0.05, 0) is 36.6 Å². The summed E-state index contributed by atoms with van der Waals surface area (Å²) < 4.78 is 43.9. The van der Waals surface area contributed by atoms with Crippen molar-refractivity contribution in [1.82, 2.24) is 14.9 Å². The lowest BCUT2D eigenvalue weighted by Gasteiger charge is -2.15. The molecule has 1 amide bonds. The molecule has 1 aliphatic heterocycles. The minimum absolute atomic E-state index is 0.111. The van der Waals surface area contributed by atoms with Crippen molar-refractivity contribution in [2.45, 2.75) is 19.0 Å². The highest BCUT2D eigenvalue weighted by Crippen LogP contribution is 2.29. The van der Waals surface area contributed by atoms with E-state index >= 15 is 0 Å². The predicted molar refractivity (Wildman–Crippen MR) is 106 cm³/mol. The van der Waals surface area contributed by atoms with E-state index in [0.29, 0.717) is 35.3 Å². The van der Waals surface area contributed by atoms with Crippen LogP contribution in [-0.2, 0) is 11.0 Å². The van der Waals surface area contributed by atoms with Crippen molar-refractivity contribution < 1.29 is 22.7 Å². The van der Waals surface area contributed by atoms with Crippen LogP contribution >= 0.6 is 11.3 Å². The molecular formula is C21H16F3N3O2S. The molecule has 1 saturated heterocycles. The highest BCUT2D eigenvalue weighted by molar-refractivity contribution is 7.09. The molecule has 154 valence electrons. The molecule has 0 aliphatic carbocycles. The SMILES string of the molecule is O=C1CCCN1CCOc1nc2cscc2nc1C#Cc1ccc(C(F)(F)F)cc1. The van der Waals surface area contributed by atoms with Gasteiger partial charge in [0.15, 0.2) is 5.69 Å². The summed E-state index contributed by atoms with van der Waals surface area (Å²) in [6.07, 6.45) is -2.98. The van der Waals surface area contributed by atoms with Gasteiger partial charge in [-0.15, -0.1) is 11.3 Å². The van der Waals surface area contributed by atoms with Crippen molar-refractivity contribution in [2.24, 2.45) is 0 Å². The Balaban J connectivity index is 1.54. The number of benzene rings is 1. The molecule has 0 radical (unpaired) electrons. The lowest BCUT2D eigenvalue weighted by Crippen LogP contribution is -2.29. The number of likely N-dealkylation sites (tertiary alicyclic amines) is 1. The van der Waals surface area contributed by atoms with Crippen LogP contribution in [0.1, 0.15) is 29.7 Å². The third-order valence-electron chi connectivity index (χ3n) is 4.59. The second-order valence-corrected chi connectivity index (χ2v) is 7.42. The van der Waals surface area contributed by atoms with Gasteiger partial charge in [0.25, 0.3) is 0 Å². The smallest absolute Gasteiger partial charge is 0.416 e. The zero-order valence-corrected chi connectivity index (χ0v) is 16.5. The third kappa shape index (κ3) is 4.54. The van der Waals surface area contributed by atoms with Crippen LogP contribution in [0, 0.1) is 11.8 Å². The van der Waals surface area contributed by atoms with E-state index < -0.39 is 11.7 Å². The number of rotatable bonds is 4. The number of carbonyl (C=O) groups is 1. The topological polar surface area (TPSA) is 55.3 Å². The molecule has 30 heavy (non-hydrogen) atoms. The Bertz CT molecular complexity index is 1130. The summed E-state index contributed by atoms with van der Waals surface area (Å²) in [6, 6.07) is 4.60. The van der Waals surface area contributed by atoms with E-state index in [1.165, 1.54) is 23.5 Å². The van der Waals surface area contributed by atoms with Crippen LogP contribution in [0.15, 0.2) is 35.0 Å². The van der Waals surface area contributed by atoms with Crippen molar-refractivity contribution in [3.05, 3.63) is 51.8 Å². The maximum atomic E-state index is 12.7. The number of ether oxygens (including phenoxy) is 1. The molecule has 1 aliphatic rings. The number of carbonyl (C=O) groups excluding carboxylic acids is 1. The average molecular weight is 431 g/mol. The van der Waals surface area contributed by atoms with E-state index in [0.717, 1.165) is 25.1 Å². The zero-order chi connectivity index (χ0) is 21.1. The van der Waals surface area contributed by atoms with E-state index in [4.69, 9.17) is 4.74 Å². The van der Waals surface area contributed by atoms with Crippen molar-refractivity contribution in [2.75, 3.05) is 19.7 Å². The van der Waals surface area contributed by atoms with Crippen LogP contribution in [0.25, 0.3) is 11.0 Å². The lowest BCUT2D eigenvalue weighted by molar-refractivity contribution is -0.137. The van der Waals surface area contributed by atoms with E-state index in [1.54, 1.807) is 4.90 Å². The number of halogens is 3. The molecule has 3 aromatic rings. The van der Waals surface area contributed by atoms with Gasteiger partial charge in [-0.25, -0.2) is 9.97 Å². The van der Waals surface area contributed by atoms with Crippen molar-refractivity contribution in [3.8, 4) is 17.7 Å². The number of hydrogen-bond acceptors (Lipinski definition) is 5. The average Bonchev–Trinajstić information content (AvgIpc) is 3.34. The molecule has 3 heterocycles. The molecule has 5 nitrogen and oxygen atoms in total. The van der Waals surface area contributed by atoms with Gasteiger partial charge in [0.2, 0.25) is 11.8 Å². The second kappa shape index (κ2) is 8.32. The molecule has 4 rings (SSSR count). The van der Waals surface area contributed by atoms with Gasteiger partial charge in [-0.2, -0.15) is 13.2 Å². The number of thiophene rings is 1. The molecule has 0 saturated carbocycles. The largest absolute Gasteiger partial charge is 0.474 e. The van der Waals surface area contributed by atoms with Gasteiger partial charge in [0.1, 0.15) is 17.6 Å². The number of alkyl halides is 3. The van der Waals surface area contributed by atoms with Crippen LogP contribution in [0.2, 0.25) is 0 Å². The fourth-order valence-electron chi connectivity index (χ4n) is 3.03. The summed E-state index contributed by atoms with van der Waals surface area (Å²) in [5, 5.41) is 3.67. The number of amides is 1. The highest BCUT2D eigenvalue weighted by atomic mass is 32.1. The van der Waals surface area contributed by atoms with Crippen LogP contribution < -0.4 is 4.74 Å². The van der Waals surface area contributed by atoms with Crippen molar-refractivity contribution in [3.63, 3.8) is 0 Å². The minimum Gasteiger partial charge on any atom is -0.474 e. The lowest BCUT2D eigenvalue weighted by atomic mass is 10.1. The number of hydrogen-bond donors (Lipinski definition) is 0. The molecule has 1 aromatic carbocycles. The molecule has 0 bridgehead atoms. The summed E-state index contributed by atoms with van der Waals surface area (Å²) in [7, 11) is 0. The monoisotopic (exact) mass is 431 g/mol. The van der Waals surface area contributed by atoms with Gasteiger partial charge in [0, 0.05) is 29.3 Å². The van der Waals surface area contributed by atoms with Crippen LogP contribution in [0.5, 0.6) is 5.88 Å². The number of aromatic nitrogens is 2. The Morgan fingerprint density at radius 3 is 2.50 bits per heavy atom. The first-order chi connectivity index (χ1) is 14.4. The second-order valence-electron chi connectivity index (χ2n) is 6.68.